The lowest BCUT2D eigenvalue weighted by molar-refractivity contribution is 0.412. The molecule has 0 saturated carbocycles. The number of hydrogen-bond donors (Lipinski definition) is 2. The molecule has 1 aliphatic heterocycles. The van der Waals surface area contributed by atoms with Crippen LogP contribution in [0.4, 0.5) is 17.5 Å². The van der Waals surface area contributed by atoms with E-state index in [9.17, 15) is 0 Å². The summed E-state index contributed by atoms with van der Waals surface area (Å²) in [5.41, 5.74) is 3.12. The van der Waals surface area contributed by atoms with E-state index < -0.39 is 0 Å². The SMILES string of the molecule is CCCc1cc(N2CCC[C@@H](NC)C2)nc(Nc2ccc(C)c(OC)c2)n1.Cl.Cl. The molecule has 2 aromatic rings. The molecule has 162 valence electrons. The third-order valence-electron chi connectivity index (χ3n) is 5.09. The summed E-state index contributed by atoms with van der Waals surface area (Å²) in [4.78, 5) is 11.9. The average Bonchev–Trinajstić information content (AvgIpc) is 2.69. The minimum atomic E-state index is 0. The molecule has 2 N–H and O–H groups in total. The fraction of sp³-hybridized carbons (Fsp3) is 0.524. The lowest BCUT2D eigenvalue weighted by Gasteiger charge is -2.33. The number of aryl methyl sites for hydroxylation is 2. The molecule has 1 aliphatic rings. The van der Waals surface area contributed by atoms with Crippen LogP contribution >= 0.6 is 24.8 Å². The number of benzene rings is 1. The van der Waals surface area contributed by atoms with Crippen molar-refractivity contribution >= 4 is 42.3 Å². The summed E-state index contributed by atoms with van der Waals surface area (Å²) in [5.74, 6) is 2.52. The first kappa shape index (κ1) is 25.3. The molecule has 0 radical (unpaired) electrons. The Morgan fingerprint density at radius 3 is 2.69 bits per heavy atom. The van der Waals surface area contributed by atoms with Gasteiger partial charge in [0.15, 0.2) is 0 Å². The summed E-state index contributed by atoms with van der Waals surface area (Å²) in [6.07, 6.45) is 4.41. The molecule has 1 aromatic carbocycles. The van der Waals surface area contributed by atoms with Crippen molar-refractivity contribution in [2.45, 2.75) is 45.6 Å². The van der Waals surface area contributed by atoms with Gasteiger partial charge in [-0.05, 0) is 44.9 Å². The molecular formula is C21H33Cl2N5O. The first-order valence-corrected chi connectivity index (χ1v) is 9.84. The molecular weight excluding hydrogens is 409 g/mol. The number of nitrogens with zero attached hydrogens (tertiary/aromatic N) is 3. The number of aromatic nitrogens is 2. The number of piperidine rings is 1. The van der Waals surface area contributed by atoms with Crippen molar-refractivity contribution in [1.29, 1.82) is 0 Å². The van der Waals surface area contributed by atoms with Crippen molar-refractivity contribution in [3.63, 3.8) is 0 Å². The van der Waals surface area contributed by atoms with E-state index in [4.69, 9.17) is 14.7 Å². The Morgan fingerprint density at radius 1 is 1.21 bits per heavy atom. The lowest BCUT2D eigenvalue weighted by Crippen LogP contribution is -2.44. The van der Waals surface area contributed by atoms with E-state index in [1.807, 2.05) is 32.2 Å². The second kappa shape index (κ2) is 12.1. The van der Waals surface area contributed by atoms with Gasteiger partial charge in [0.2, 0.25) is 5.95 Å². The highest BCUT2D eigenvalue weighted by molar-refractivity contribution is 5.85. The van der Waals surface area contributed by atoms with Crippen molar-refractivity contribution in [2.24, 2.45) is 0 Å². The number of likely N-dealkylation sites (N-methyl/N-ethyl adjacent to an activating group) is 1. The highest BCUT2D eigenvalue weighted by Gasteiger charge is 2.20. The van der Waals surface area contributed by atoms with Crippen molar-refractivity contribution in [1.82, 2.24) is 15.3 Å². The summed E-state index contributed by atoms with van der Waals surface area (Å²) >= 11 is 0. The lowest BCUT2D eigenvalue weighted by atomic mass is 10.1. The van der Waals surface area contributed by atoms with E-state index in [1.165, 1.54) is 12.8 Å². The number of nitrogens with one attached hydrogen (secondary N) is 2. The Balaban J connectivity index is 0.00000210. The van der Waals surface area contributed by atoms with Crippen LogP contribution < -0.4 is 20.3 Å². The molecule has 0 bridgehead atoms. The van der Waals surface area contributed by atoms with E-state index in [0.29, 0.717) is 12.0 Å². The fourth-order valence-electron chi connectivity index (χ4n) is 3.53. The maximum Gasteiger partial charge on any atom is 0.229 e. The van der Waals surface area contributed by atoms with E-state index in [2.05, 4.69) is 28.5 Å². The van der Waals surface area contributed by atoms with Crippen molar-refractivity contribution < 1.29 is 4.74 Å². The van der Waals surface area contributed by atoms with Crippen LogP contribution in [0.3, 0.4) is 0 Å². The Bertz CT molecular complexity index is 775. The largest absolute Gasteiger partial charge is 0.496 e. The second-order valence-corrected chi connectivity index (χ2v) is 7.17. The van der Waals surface area contributed by atoms with Gasteiger partial charge in [-0.2, -0.15) is 4.98 Å². The summed E-state index contributed by atoms with van der Waals surface area (Å²) in [6.45, 7) is 6.24. The monoisotopic (exact) mass is 441 g/mol. The maximum atomic E-state index is 5.43. The molecule has 2 heterocycles. The topological polar surface area (TPSA) is 62.3 Å². The van der Waals surface area contributed by atoms with Crippen LogP contribution in [0.25, 0.3) is 0 Å². The summed E-state index contributed by atoms with van der Waals surface area (Å²) in [5, 5.41) is 6.77. The van der Waals surface area contributed by atoms with E-state index in [-0.39, 0.29) is 24.8 Å². The van der Waals surface area contributed by atoms with Crippen LogP contribution in [0.2, 0.25) is 0 Å². The summed E-state index contributed by atoms with van der Waals surface area (Å²) in [7, 11) is 3.73. The van der Waals surface area contributed by atoms with Gasteiger partial charge in [-0.25, -0.2) is 4.98 Å². The van der Waals surface area contributed by atoms with Crippen LogP contribution in [0.15, 0.2) is 24.3 Å². The zero-order chi connectivity index (χ0) is 19.2. The van der Waals surface area contributed by atoms with Gasteiger partial charge in [-0.3, -0.25) is 0 Å². The van der Waals surface area contributed by atoms with Crippen molar-refractivity contribution in [3.05, 3.63) is 35.5 Å². The smallest absolute Gasteiger partial charge is 0.229 e. The van der Waals surface area contributed by atoms with Gasteiger partial charge in [-0.15, -0.1) is 24.8 Å². The van der Waals surface area contributed by atoms with E-state index in [0.717, 1.165) is 54.4 Å². The number of methoxy groups -OCH3 is 1. The fourth-order valence-corrected chi connectivity index (χ4v) is 3.53. The molecule has 0 aliphatic carbocycles. The predicted octanol–water partition coefficient (Wildman–Crippen LogP) is 4.52. The molecule has 29 heavy (non-hydrogen) atoms. The quantitative estimate of drug-likeness (QED) is 0.658. The van der Waals surface area contributed by atoms with Gasteiger partial charge in [0.25, 0.3) is 0 Å². The van der Waals surface area contributed by atoms with Crippen LogP contribution in [0, 0.1) is 6.92 Å². The van der Waals surface area contributed by atoms with Gasteiger partial charge in [0.05, 0.1) is 7.11 Å². The van der Waals surface area contributed by atoms with Crippen LogP contribution in [-0.4, -0.2) is 43.3 Å². The normalized spacial score (nSPS) is 15.9. The number of ether oxygens (including phenoxy) is 1. The zero-order valence-electron chi connectivity index (χ0n) is 17.7. The third kappa shape index (κ3) is 6.63. The molecule has 0 amide bonds. The Hall–Kier alpha value is -1.76. The minimum absolute atomic E-state index is 0. The highest BCUT2D eigenvalue weighted by atomic mass is 35.5. The van der Waals surface area contributed by atoms with Gasteiger partial charge in [0, 0.05) is 42.6 Å². The molecule has 6 nitrogen and oxygen atoms in total. The summed E-state index contributed by atoms with van der Waals surface area (Å²) < 4.78 is 5.43. The van der Waals surface area contributed by atoms with Gasteiger partial charge >= 0.3 is 0 Å². The number of hydrogen-bond acceptors (Lipinski definition) is 6. The maximum absolute atomic E-state index is 5.43. The van der Waals surface area contributed by atoms with E-state index in [1.54, 1.807) is 7.11 Å². The van der Waals surface area contributed by atoms with Gasteiger partial charge in [0.1, 0.15) is 11.6 Å². The van der Waals surface area contributed by atoms with Crippen LogP contribution in [0.1, 0.15) is 37.4 Å². The Kier molecular flexibility index (Phi) is 10.5. The number of rotatable bonds is 7. The Labute approximate surface area is 186 Å². The molecule has 3 rings (SSSR count). The molecule has 0 unspecified atom stereocenters. The van der Waals surface area contributed by atoms with E-state index >= 15 is 0 Å². The van der Waals surface area contributed by atoms with Gasteiger partial charge < -0.3 is 20.3 Å². The van der Waals surface area contributed by atoms with Crippen LogP contribution in [0.5, 0.6) is 5.75 Å². The third-order valence-corrected chi connectivity index (χ3v) is 5.09. The average molecular weight is 442 g/mol. The second-order valence-electron chi connectivity index (χ2n) is 7.17. The summed E-state index contributed by atoms with van der Waals surface area (Å²) in [6, 6.07) is 8.72. The van der Waals surface area contributed by atoms with Gasteiger partial charge in [-0.1, -0.05) is 19.4 Å². The zero-order valence-corrected chi connectivity index (χ0v) is 19.3. The first-order valence-electron chi connectivity index (χ1n) is 9.84. The van der Waals surface area contributed by atoms with Crippen LogP contribution in [-0.2, 0) is 6.42 Å². The van der Waals surface area contributed by atoms with Crippen molar-refractivity contribution in [2.75, 3.05) is 37.5 Å². The minimum Gasteiger partial charge on any atom is -0.496 e. The van der Waals surface area contributed by atoms with Crippen molar-refractivity contribution in [3.8, 4) is 5.75 Å². The predicted molar refractivity (Wildman–Crippen MR) is 126 cm³/mol. The molecule has 0 spiro atoms. The standard InChI is InChI=1S/C21H31N5O.2ClH/c1-5-7-16-13-20(26-11-6-8-18(14-26)22-3)25-21(23-16)24-17-10-9-15(2)19(12-17)27-4;;/h9-10,12-13,18,22H,5-8,11,14H2,1-4H3,(H,23,24,25);2*1H/t18-;;/m1../s1. The molecule has 1 fully saturated rings. The Morgan fingerprint density at radius 2 is 2.00 bits per heavy atom. The molecule has 1 atom stereocenters. The first-order chi connectivity index (χ1) is 13.1. The number of halogens is 2. The highest BCUT2D eigenvalue weighted by Crippen LogP contribution is 2.26. The molecule has 1 aromatic heterocycles. The molecule has 8 heteroatoms. The number of anilines is 3. The molecule has 1 saturated heterocycles.